The molecule has 2 fully saturated rings. The minimum absolute atomic E-state index is 0.0358. The van der Waals surface area contributed by atoms with Gasteiger partial charge < -0.3 is 15.3 Å². The Labute approximate surface area is 227 Å². The number of carbonyl (C=O) groups excluding carboxylic acids is 1. The molecule has 1 amide bonds. The second-order valence-electron chi connectivity index (χ2n) is 10.6. The van der Waals surface area contributed by atoms with Crippen LogP contribution in [0.3, 0.4) is 0 Å². The molecule has 0 spiro atoms. The van der Waals surface area contributed by atoms with E-state index in [1.165, 1.54) is 30.4 Å². The lowest BCUT2D eigenvalue weighted by atomic mass is 10.0. The van der Waals surface area contributed by atoms with Gasteiger partial charge in [-0.05, 0) is 54.9 Å². The van der Waals surface area contributed by atoms with E-state index < -0.39 is 0 Å². The van der Waals surface area contributed by atoms with Crippen molar-refractivity contribution >= 4 is 17.7 Å². The van der Waals surface area contributed by atoms with E-state index in [9.17, 15) is 14.7 Å². The zero-order valence-electron chi connectivity index (χ0n) is 21.6. The maximum absolute atomic E-state index is 13.8. The zero-order chi connectivity index (χ0) is 26.1. The highest BCUT2D eigenvalue weighted by atomic mass is 32.2. The van der Waals surface area contributed by atoms with Gasteiger partial charge in [-0.15, -0.1) is 0 Å². The number of amides is 1. The minimum Gasteiger partial charge on any atom is -0.506 e. The third-order valence-electron chi connectivity index (χ3n) is 7.87. The summed E-state index contributed by atoms with van der Waals surface area (Å²) >= 11 is 1.62. The molecule has 0 bridgehead atoms. The number of benzene rings is 2. The number of thioether (sulfide) groups is 1. The normalized spacial score (nSPS) is 17.2. The number of phenolic OH excluding ortho intramolecular Hbond substituents is 1. The van der Waals surface area contributed by atoms with E-state index in [-0.39, 0.29) is 23.8 Å². The van der Waals surface area contributed by atoms with Gasteiger partial charge in [-0.3, -0.25) is 14.2 Å². The standard InChI is InChI=1S/C30H34N4O3S/c35-27-7-2-1-6-26(27)34-29(37)24-19-33(17-15-25(24)32-30(34)38-23-4-3-5-23)28(36)14-16-31-18-20-8-10-21(11-9-20)22-12-13-22/h1-2,6-11,22-23,31,35H,3-5,12-19H2. The molecule has 0 unspecified atom stereocenters. The zero-order valence-corrected chi connectivity index (χ0v) is 22.4. The van der Waals surface area contributed by atoms with Gasteiger partial charge in [0.05, 0.1) is 23.5 Å². The molecule has 2 aliphatic carbocycles. The van der Waals surface area contributed by atoms with Crippen LogP contribution in [0.25, 0.3) is 5.69 Å². The quantitative estimate of drug-likeness (QED) is 0.312. The lowest BCUT2D eigenvalue weighted by molar-refractivity contribution is -0.132. The molecule has 6 rings (SSSR count). The summed E-state index contributed by atoms with van der Waals surface area (Å²) in [6.07, 6.45) is 6.98. The smallest absolute Gasteiger partial charge is 0.264 e. The van der Waals surface area contributed by atoms with Crippen molar-refractivity contribution in [1.82, 2.24) is 19.8 Å². The van der Waals surface area contributed by atoms with E-state index in [1.54, 1.807) is 39.4 Å². The minimum atomic E-state index is -0.191. The second-order valence-corrected chi connectivity index (χ2v) is 11.9. The Hall–Kier alpha value is -3.10. The van der Waals surface area contributed by atoms with Crippen LogP contribution >= 0.6 is 11.8 Å². The Morgan fingerprint density at radius 1 is 1.08 bits per heavy atom. The molecule has 2 heterocycles. The van der Waals surface area contributed by atoms with Crippen LogP contribution < -0.4 is 10.9 Å². The molecular weight excluding hydrogens is 496 g/mol. The fraction of sp³-hybridized carbons (Fsp3) is 0.433. The molecular formula is C30H34N4O3S. The van der Waals surface area contributed by atoms with E-state index in [4.69, 9.17) is 4.98 Å². The molecule has 3 aromatic rings. The third-order valence-corrected chi connectivity index (χ3v) is 9.16. The molecule has 1 aliphatic heterocycles. The number of phenols is 1. The Morgan fingerprint density at radius 2 is 1.87 bits per heavy atom. The highest BCUT2D eigenvalue weighted by Crippen LogP contribution is 2.40. The van der Waals surface area contributed by atoms with Crippen LogP contribution in [0.1, 0.15) is 66.8 Å². The van der Waals surface area contributed by atoms with E-state index in [1.807, 2.05) is 6.07 Å². The molecule has 7 nitrogen and oxygen atoms in total. The molecule has 38 heavy (non-hydrogen) atoms. The highest BCUT2D eigenvalue weighted by molar-refractivity contribution is 7.99. The maximum Gasteiger partial charge on any atom is 0.264 e. The van der Waals surface area contributed by atoms with Gasteiger partial charge in [0.15, 0.2) is 5.16 Å². The molecule has 0 atom stereocenters. The van der Waals surface area contributed by atoms with Crippen molar-refractivity contribution in [3.05, 3.63) is 81.3 Å². The first-order valence-corrected chi connectivity index (χ1v) is 14.6. The predicted molar refractivity (Wildman–Crippen MR) is 149 cm³/mol. The number of fused-ring (bicyclic) bond motifs is 1. The first-order valence-electron chi connectivity index (χ1n) is 13.7. The molecule has 8 heteroatoms. The average molecular weight is 531 g/mol. The molecule has 2 aromatic carbocycles. The summed E-state index contributed by atoms with van der Waals surface area (Å²) in [7, 11) is 0. The van der Waals surface area contributed by atoms with Gasteiger partial charge in [-0.2, -0.15) is 0 Å². The Balaban J connectivity index is 1.13. The summed E-state index contributed by atoms with van der Waals surface area (Å²) in [5.74, 6) is 0.840. The van der Waals surface area contributed by atoms with Gasteiger partial charge in [0.25, 0.3) is 5.56 Å². The predicted octanol–water partition coefficient (Wildman–Crippen LogP) is 4.52. The fourth-order valence-electron chi connectivity index (χ4n) is 5.16. The van der Waals surface area contributed by atoms with Gasteiger partial charge in [0, 0.05) is 37.7 Å². The molecule has 0 saturated heterocycles. The summed E-state index contributed by atoms with van der Waals surface area (Å²) in [5, 5.41) is 15.0. The van der Waals surface area contributed by atoms with Crippen LogP contribution in [0.15, 0.2) is 58.5 Å². The number of nitrogens with one attached hydrogen (secondary N) is 1. The van der Waals surface area contributed by atoms with Crippen molar-refractivity contribution in [1.29, 1.82) is 0 Å². The van der Waals surface area contributed by atoms with E-state index >= 15 is 0 Å². The van der Waals surface area contributed by atoms with Crippen LogP contribution in [-0.2, 0) is 24.3 Å². The first-order chi connectivity index (χ1) is 18.6. The number of carbonyl (C=O) groups is 1. The lowest BCUT2D eigenvalue weighted by Gasteiger charge is -2.30. The molecule has 1 aromatic heterocycles. The van der Waals surface area contributed by atoms with Crippen molar-refractivity contribution in [2.45, 2.75) is 74.4 Å². The van der Waals surface area contributed by atoms with Crippen LogP contribution in [0.4, 0.5) is 0 Å². The van der Waals surface area contributed by atoms with Crippen molar-refractivity contribution in [3.63, 3.8) is 0 Å². The molecule has 3 aliphatic rings. The average Bonchev–Trinajstić information content (AvgIpc) is 3.75. The SMILES string of the molecule is O=C(CCNCc1ccc(C2CC2)cc1)N1CCc2nc(SC3CCC3)n(-c3ccccc3O)c(=O)c2C1. The number of para-hydroxylation sites is 2. The number of aromatic hydroxyl groups is 1. The van der Waals surface area contributed by atoms with Gasteiger partial charge in [-0.1, -0.05) is 54.6 Å². The second kappa shape index (κ2) is 10.9. The maximum atomic E-state index is 13.8. The number of nitrogens with zero attached hydrogens (tertiary/aromatic N) is 3. The first kappa shape index (κ1) is 25.2. The summed E-state index contributed by atoms with van der Waals surface area (Å²) < 4.78 is 1.54. The largest absolute Gasteiger partial charge is 0.506 e. The summed E-state index contributed by atoms with van der Waals surface area (Å²) in [4.78, 5) is 33.5. The number of rotatable bonds is 9. The van der Waals surface area contributed by atoms with Gasteiger partial charge in [0.1, 0.15) is 5.75 Å². The van der Waals surface area contributed by atoms with Crippen molar-refractivity contribution in [2.24, 2.45) is 0 Å². The van der Waals surface area contributed by atoms with E-state index in [0.29, 0.717) is 47.6 Å². The van der Waals surface area contributed by atoms with Crippen molar-refractivity contribution in [2.75, 3.05) is 13.1 Å². The summed E-state index contributed by atoms with van der Waals surface area (Å²) in [5.41, 5.74) is 4.23. The van der Waals surface area contributed by atoms with Crippen molar-refractivity contribution in [3.8, 4) is 11.4 Å². The van der Waals surface area contributed by atoms with Crippen LogP contribution in [0.2, 0.25) is 0 Å². The Kier molecular flexibility index (Phi) is 7.26. The van der Waals surface area contributed by atoms with Gasteiger partial charge in [0.2, 0.25) is 5.91 Å². The van der Waals surface area contributed by atoms with Gasteiger partial charge in [-0.25, -0.2) is 4.98 Å². The van der Waals surface area contributed by atoms with E-state index in [2.05, 4.69) is 29.6 Å². The Bertz CT molecular complexity index is 1380. The topological polar surface area (TPSA) is 87.5 Å². The molecule has 2 saturated carbocycles. The lowest BCUT2D eigenvalue weighted by Crippen LogP contribution is -2.42. The van der Waals surface area contributed by atoms with Crippen LogP contribution in [-0.4, -0.2) is 43.8 Å². The summed E-state index contributed by atoms with van der Waals surface area (Å²) in [6.45, 7) is 2.14. The third kappa shape index (κ3) is 5.38. The molecule has 2 N–H and O–H groups in total. The van der Waals surface area contributed by atoms with Crippen molar-refractivity contribution < 1.29 is 9.90 Å². The molecule has 198 valence electrons. The van der Waals surface area contributed by atoms with Gasteiger partial charge >= 0.3 is 0 Å². The van der Waals surface area contributed by atoms with E-state index in [0.717, 1.165) is 31.0 Å². The molecule has 0 radical (unpaired) electrons. The van der Waals surface area contributed by atoms with Crippen LogP contribution in [0, 0.1) is 0 Å². The Morgan fingerprint density at radius 3 is 2.58 bits per heavy atom. The summed E-state index contributed by atoms with van der Waals surface area (Å²) in [6, 6.07) is 15.7. The number of hydrogen-bond donors (Lipinski definition) is 2. The number of aromatic nitrogens is 2. The monoisotopic (exact) mass is 530 g/mol. The number of hydrogen-bond acceptors (Lipinski definition) is 6. The fourth-order valence-corrected chi connectivity index (χ4v) is 6.48. The van der Waals surface area contributed by atoms with Crippen LogP contribution in [0.5, 0.6) is 5.75 Å². The highest BCUT2D eigenvalue weighted by Gasteiger charge is 2.29.